The van der Waals surface area contributed by atoms with Gasteiger partial charge in [0.2, 0.25) is 0 Å². The minimum Gasteiger partial charge on any atom is -0.463 e. The first-order chi connectivity index (χ1) is 16.1. The van der Waals surface area contributed by atoms with Crippen molar-refractivity contribution in [2.75, 3.05) is 12.3 Å². The summed E-state index contributed by atoms with van der Waals surface area (Å²) in [6, 6.07) is 0. The number of nitrogens with two attached hydrogens (primary N) is 1. The Kier molecular flexibility index (Phi) is 10.4. The smallest absolute Gasteiger partial charge is 0.305 e. The highest BCUT2D eigenvalue weighted by Gasteiger charge is 2.29. The van der Waals surface area contributed by atoms with Crippen LogP contribution in [0.25, 0.3) is 11.2 Å². The van der Waals surface area contributed by atoms with Crippen LogP contribution in [-0.4, -0.2) is 38.2 Å². The summed E-state index contributed by atoms with van der Waals surface area (Å²) in [6.07, 6.45) is 17.5. The van der Waals surface area contributed by atoms with Crippen LogP contribution in [0, 0.1) is 6.92 Å². The lowest BCUT2D eigenvalue weighted by Crippen LogP contribution is -2.19. The average molecular weight is 460 g/mol. The Morgan fingerprint density at radius 3 is 2.42 bits per heavy atom. The predicted octanol–water partition coefficient (Wildman–Crippen LogP) is 5.64. The first kappa shape index (κ1) is 25.4. The molecule has 184 valence electrons. The molecule has 8 nitrogen and oxygen atoms in total. The number of anilines is 1. The van der Waals surface area contributed by atoms with Gasteiger partial charge in [-0.1, -0.05) is 71.1 Å². The van der Waals surface area contributed by atoms with Crippen LogP contribution in [0.2, 0.25) is 0 Å². The summed E-state index contributed by atoms with van der Waals surface area (Å²) in [5.41, 5.74) is 7.22. The molecule has 2 aromatic rings. The second-order valence-electron chi connectivity index (χ2n) is 9.24. The van der Waals surface area contributed by atoms with E-state index in [1.165, 1.54) is 57.8 Å². The Balaban J connectivity index is 1.26. The van der Waals surface area contributed by atoms with Crippen molar-refractivity contribution in [1.82, 2.24) is 19.5 Å². The lowest BCUT2D eigenvalue weighted by atomic mass is 10.1. The van der Waals surface area contributed by atoms with Crippen LogP contribution in [0.15, 0.2) is 6.33 Å². The van der Waals surface area contributed by atoms with Crippen LogP contribution in [0.3, 0.4) is 0 Å². The third-order valence-electron chi connectivity index (χ3n) is 6.37. The van der Waals surface area contributed by atoms with Crippen molar-refractivity contribution in [3.8, 4) is 0 Å². The highest BCUT2D eigenvalue weighted by Crippen LogP contribution is 2.31. The number of unbranched alkanes of at least 4 members (excludes halogenated alkanes) is 10. The van der Waals surface area contributed by atoms with E-state index in [0.29, 0.717) is 35.8 Å². The molecule has 0 amide bonds. The van der Waals surface area contributed by atoms with Crippen molar-refractivity contribution >= 4 is 23.0 Å². The minimum absolute atomic E-state index is 0.103. The molecule has 3 rings (SSSR count). The molecule has 0 radical (unpaired) electrons. The highest BCUT2D eigenvalue weighted by molar-refractivity contribution is 5.81. The van der Waals surface area contributed by atoms with Gasteiger partial charge >= 0.3 is 5.97 Å². The van der Waals surface area contributed by atoms with Gasteiger partial charge in [0.05, 0.1) is 12.4 Å². The molecule has 2 unspecified atom stereocenters. The van der Waals surface area contributed by atoms with E-state index < -0.39 is 0 Å². The van der Waals surface area contributed by atoms with Gasteiger partial charge < -0.3 is 15.2 Å². The van der Waals surface area contributed by atoms with E-state index in [1.54, 1.807) is 13.3 Å². The van der Waals surface area contributed by atoms with Gasteiger partial charge in [0.15, 0.2) is 11.5 Å². The zero-order valence-corrected chi connectivity index (χ0v) is 20.4. The number of fused-ring (bicyclic) bond motifs is 1. The number of ether oxygens (including phenoxy) is 2. The normalized spacial score (nSPS) is 18.2. The summed E-state index contributed by atoms with van der Waals surface area (Å²) in [5.74, 6) is 0.858. The largest absolute Gasteiger partial charge is 0.463 e. The first-order valence-electron chi connectivity index (χ1n) is 12.9. The molecule has 0 saturated carbocycles. The SMILES string of the molecule is CCCCCCCCCCCCCC(=O)OCC1CCC(n2cnc3c(N)nc(C)nc32)O1. The molecule has 0 spiro atoms. The van der Waals surface area contributed by atoms with Crippen molar-refractivity contribution in [3.63, 3.8) is 0 Å². The van der Waals surface area contributed by atoms with Gasteiger partial charge in [-0.05, 0) is 26.2 Å². The number of aromatic nitrogens is 4. The molecular formula is C25H41N5O3. The summed E-state index contributed by atoms with van der Waals surface area (Å²) in [4.78, 5) is 25.1. The van der Waals surface area contributed by atoms with Crippen molar-refractivity contribution in [2.24, 2.45) is 0 Å². The van der Waals surface area contributed by atoms with E-state index in [9.17, 15) is 4.79 Å². The third kappa shape index (κ3) is 7.95. The molecule has 3 heterocycles. The monoisotopic (exact) mass is 459 g/mol. The number of aryl methyl sites for hydroxylation is 1. The van der Waals surface area contributed by atoms with Crippen LogP contribution in [0.4, 0.5) is 5.82 Å². The Hall–Kier alpha value is -2.22. The predicted molar refractivity (Wildman–Crippen MR) is 130 cm³/mol. The maximum Gasteiger partial charge on any atom is 0.305 e. The Bertz CT molecular complexity index is 869. The number of imidazole rings is 1. The Morgan fingerprint density at radius 2 is 1.73 bits per heavy atom. The van der Waals surface area contributed by atoms with E-state index >= 15 is 0 Å². The number of hydrogen-bond acceptors (Lipinski definition) is 7. The van der Waals surface area contributed by atoms with E-state index in [2.05, 4.69) is 21.9 Å². The third-order valence-corrected chi connectivity index (χ3v) is 6.37. The average Bonchev–Trinajstić information content (AvgIpc) is 3.43. The van der Waals surface area contributed by atoms with E-state index in [-0.39, 0.29) is 18.3 Å². The van der Waals surface area contributed by atoms with Crippen molar-refractivity contribution in [2.45, 2.75) is 116 Å². The molecule has 1 aliphatic heterocycles. The lowest BCUT2D eigenvalue weighted by molar-refractivity contribution is -0.148. The van der Waals surface area contributed by atoms with Gasteiger partial charge in [0.1, 0.15) is 24.2 Å². The minimum atomic E-state index is -0.181. The summed E-state index contributed by atoms with van der Waals surface area (Å²) in [5, 5.41) is 0. The molecule has 1 aliphatic rings. The zero-order valence-electron chi connectivity index (χ0n) is 20.4. The van der Waals surface area contributed by atoms with E-state index in [0.717, 1.165) is 25.7 Å². The number of carbonyl (C=O) groups excluding carboxylic acids is 1. The number of rotatable bonds is 15. The van der Waals surface area contributed by atoms with Crippen LogP contribution >= 0.6 is 0 Å². The molecule has 2 N–H and O–H groups in total. The van der Waals surface area contributed by atoms with Crippen molar-refractivity contribution in [1.29, 1.82) is 0 Å². The van der Waals surface area contributed by atoms with Crippen molar-refractivity contribution < 1.29 is 14.3 Å². The molecule has 2 atom stereocenters. The van der Waals surface area contributed by atoms with Gasteiger partial charge in [-0.2, -0.15) is 0 Å². The second kappa shape index (κ2) is 13.5. The van der Waals surface area contributed by atoms with Gasteiger partial charge in [0.25, 0.3) is 0 Å². The summed E-state index contributed by atoms with van der Waals surface area (Å²) in [7, 11) is 0. The van der Waals surface area contributed by atoms with Crippen LogP contribution in [-0.2, 0) is 14.3 Å². The summed E-state index contributed by atoms with van der Waals surface area (Å²) < 4.78 is 13.5. The molecular weight excluding hydrogens is 418 g/mol. The molecule has 0 bridgehead atoms. The van der Waals surface area contributed by atoms with Gasteiger partial charge in [-0.25, -0.2) is 15.0 Å². The first-order valence-corrected chi connectivity index (χ1v) is 12.9. The number of hydrogen-bond donors (Lipinski definition) is 1. The molecule has 0 aliphatic carbocycles. The molecule has 0 aromatic carbocycles. The van der Waals surface area contributed by atoms with Crippen molar-refractivity contribution in [3.05, 3.63) is 12.2 Å². The van der Waals surface area contributed by atoms with Gasteiger partial charge in [0, 0.05) is 6.42 Å². The van der Waals surface area contributed by atoms with Crippen LogP contribution in [0.5, 0.6) is 0 Å². The number of esters is 1. The Morgan fingerprint density at radius 1 is 1.06 bits per heavy atom. The van der Waals surface area contributed by atoms with Gasteiger partial charge in [-0.15, -0.1) is 0 Å². The Labute approximate surface area is 197 Å². The van der Waals surface area contributed by atoms with Gasteiger partial charge in [-0.3, -0.25) is 9.36 Å². The maximum absolute atomic E-state index is 12.1. The van der Waals surface area contributed by atoms with Crippen LogP contribution in [0.1, 0.15) is 109 Å². The number of nitrogen functional groups attached to an aromatic ring is 1. The quantitative estimate of drug-likeness (QED) is 0.271. The second-order valence-corrected chi connectivity index (χ2v) is 9.24. The molecule has 33 heavy (non-hydrogen) atoms. The van der Waals surface area contributed by atoms with E-state index in [1.807, 2.05) is 4.57 Å². The zero-order chi connectivity index (χ0) is 23.5. The molecule has 1 saturated heterocycles. The summed E-state index contributed by atoms with van der Waals surface area (Å²) in [6.45, 7) is 4.36. The maximum atomic E-state index is 12.1. The topological polar surface area (TPSA) is 105 Å². The summed E-state index contributed by atoms with van der Waals surface area (Å²) >= 11 is 0. The van der Waals surface area contributed by atoms with E-state index in [4.69, 9.17) is 15.2 Å². The number of nitrogens with zero attached hydrogens (tertiary/aromatic N) is 4. The highest BCUT2D eigenvalue weighted by atomic mass is 16.6. The fraction of sp³-hybridized carbons (Fsp3) is 0.760. The standard InChI is InChI=1S/C25H41N5O3/c1-3-4-5-6-7-8-9-10-11-12-13-14-22(31)32-17-20-15-16-21(33-20)30-18-27-23-24(26)28-19(2)29-25(23)30/h18,20-21H,3-17H2,1-2H3,(H2,26,28,29). The fourth-order valence-corrected chi connectivity index (χ4v) is 4.47. The van der Waals surface area contributed by atoms with Crippen LogP contribution < -0.4 is 5.73 Å². The molecule has 2 aromatic heterocycles. The lowest BCUT2D eigenvalue weighted by Gasteiger charge is -2.15. The fourth-order valence-electron chi connectivity index (χ4n) is 4.47. The molecule has 1 fully saturated rings. The molecule has 8 heteroatoms. The number of carbonyl (C=O) groups is 1.